The molecule has 3 rings (SSSR count). The third-order valence-corrected chi connectivity index (χ3v) is 4.34. The van der Waals surface area contributed by atoms with Crippen LogP contribution in [0.25, 0.3) is 0 Å². The van der Waals surface area contributed by atoms with Crippen LogP contribution in [0.15, 0.2) is 34.3 Å². The molecule has 2 heterocycles. The Morgan fingerprint density at radius 2 is 1.50 bits per heavy atom. The SMILES string of the molecule is CC(C)(C)C1=NCCN1.CC(C)(C)c1ccc(C2=NCCC2)cc1. The van der Waals surface area contributed by atoms with Crippen molar-refractivity contribution in [2.45, 2.75) is 59.8 Å². The number of benzene rings is 1. The standard InChI is InChI=1S/C14H19N.C7H14N2/c1-14(2,3)12-8-6-11(7-9-12)13-5-4-10-15-13;1-7(2,3)6-8-4-5-9-6/h6-9H,4-5,10H2,1-3H3;4-5H2,1-3H3,(H,8,9). The molecular formula is C21H33N3. The molecule has 1 aromatic carbocycles. The van der Waals surface area contributed by atoms with Crippen LogP contribution in [-0.4, -0.2) is 31.2 Å². The van der Waals surface area contributed by atoms with E-state index in [-0.39, 0.29) is 10.8 Å². The largest absolute Gasteiger partial charge is 0.372 e. The van der Waals surface area contributed by atoms with Gasteiger partial charge in [0.15, 0.2) is 0 Å². The Morgan fingerprint density at radius 3 is 1.88 bits per heavy atom. The van der Waals surface area contributed by atoms with Crippen LogP contribution in [0.1, 0.15) is 65.5 Å². The molecule has 0 radical (unpaired) electrons. The second-order valence-corrected chi connectivity index (χ2v) is 8.67. The van der Waals surface area contributed by atoms with Crippen molar-refractivity contribution >= 4 is 11.5 Å². The van der Waals surface area contributed by atoms with Crippen molar-refractivity contribution in [3.8, 4) is 0 Å². The van der Waals surface area contributed by atoms with Crippen molar-refractivity contribution < 1.29 is 0 Å². The average molecular weight is 328 g/mol. The summed E-state index contributed by atoms with van der Waals surface area (Å²) >= 11 is 0. The van der Waals surface area contributed by atoms with Gasteiger partial charge in [-0.3, -0.25) is 9.98 Å². The fourth-order valence-corrected chi connectivity index (χ4v) is 2.84. The Hall–Kier alpha value is -1.64. The molecule has 3 nitrogen and oxygen atoms in total. The van der Waals surface area contributed by atoms with E-state index in [1.807, 2.05) is 0 Å². The van der Waals surface area contributed by atoms with E-state index in [1.165, 1.54) is 23.3 Å². The van der Waals surface area contributed by atoms with E-state index in [2.05, 4.69) is 81.1 Å². The van der Waals surface area contributed by atoms with Gasteiger partial charge in [-0.25, -0.2) is 0 Å². The van der Waals surface area contributed by atoms with Crippen LogP contribution in [0.2, 0.25) is 0 Å². The molecule has 0 saturated heterocycles. The van der Waals surface area contributed by atoms with Crippen LogP contribution in [0.3, 0.4) is 0 Å². The molecule has 24 heavy (non-hydrogen) atoms. The molecule has 0 aromatic heterocycles. The van der Waals surface area contributed by atoms with Gasteiger partial charge in [0.2, 0.25) is 0 Å². The Labute approximate surface area is 147 Å². The molecule has 132 valence electrons. The first-order valence-corrected chi connectivity index (χ1v) is 9.11. The van der Waals surface area contributed by atoms with Crippen LogP contribution in [0.5, 0.6) is 0 Å². The first kappa shape index (κ1) is 18.7. The predicted molar refractivity (Wildman–Crippen MR) is 106 cm³/mol. The van der Waals surface area contributed by atoms with Gasteiger partial charge in [0.25, 0.3) is 0 Å². The van der Waals surface area contributed by atoms with Gasteiger partial charge in [-0.05, 0) is 29.4 Å². The zero-order valence-electron chi connectivity index (χ0n) is 16.2. The Kier molecular flexibility index (Phi) is 5.84. The summed E-state index contributed by atoms with van der Waals surface area (Å²) in [6.45, 7) is 16.2. The van der Waals surface area contributed by atoms with Crippen LogP contribution in [0, 0.1) is 5.41 Å². The van der Waals surface area contributed by atoms with Gasteiger partial charge in [0.05, 0.1) is 6.54 Å². The quantitative estimate of drug-likeness (QED) is 0.804. The van der Waals surface area contributed by atoms with Gasteiger partial charge >= 0.3 is 0 Å². The molecule has 0 bridgehead atoms. The molecule has 0 amide bonds. The predicted octanol–water partition coefficient (Wildman–Crippen LogP) is 4.60. The highest BCUT2D eigenvalue weighted by Gasteiger charge is 2.20. The topological polar surface area (TPSA) is 36.8 Å². The fraction of sp³-hybridized carbons (Fsp3) is 0.619. The van der Waals surface area contributed by atoms with E-state index in [4.69, 9.17) is 0 Å². The monoisotopic (exact) mass is 327 g/mol. The molecule has 0 saturated carbocycles. The molecule has 0 aliphatic carbocycles. The zero-order chi connectivity index (χ0) is 17.8. The summed E-state index contributed by atoms with van der Waals surface area (Å²) in [5.41, 5.74) is 4.45. The third-order valence-electron chi connectivity index (χ3n) is 4.34. The minimum absolute atomic E-state index is 0.219. The van der Waals surface area contributed by atoms with Crippen LogP contribution in [-0.2, 0) is 5.41 Å². The zero-order valence-corrected chi connectivity index (χ0v) is 16.2. The van der Waals surface area contributed by atoms with Gasteiger partial charge in [-0.2, -0.15) is 0 Å². The number of nitrogens with one attached hydrogen (secondary N) is 1. The Bertz CT molecular complexity index is 595. The van der Waals surface area contributed by atoms with Crippen molar-refractivity contribution in [3.05, 3.63) is 35.4 Å². The molecule has 0 spiro atoms. The summed E-state index contributed by atoms with van der Waals surface area (Å²) in [7, 11) is 0. The van der Waals surface area contributed by atoms with E-state index < -0.39 is 0 Å². The minimum Gasteiger partial charge on any atom is -0.372 e. The molecule has 0 fully saturated rings. The number of hydrogen-bond donors (Lipinski definition) is 1. The lowest BCUT2D eigenvalue weighted by Gasteiger charge is -2.19. The van der Waals surface area contributed by atoms with E-state index in [0.29, 0.717) is 0 Å². The lowest BCUT2D eigenvalue weighted by atomic mass is 9.86. The minimum atomic E-state index is 0.219. The smallest absolute Gasteiger partial charge is 0.102 e. The number of hydrogen-bond acceptors (Lipinski definition) is 3. The lowest BCUT2D eigenvalue weighted by molar-refractivity contribution is 0.575. The van der Waals surface area contributed by atoms with E-state index in [0.717, 1.165) is 31.9 Å². The number of nitrogens with zero attached hydrogens (tertiary/aromatic N) is 2. The molecule has 0 atom stereocenters. The summed E-state index contributed by atoms with van der Waals surface area (Å²) in [5.74, 6) is 1.16. The Morgan fingerprint density at radius 1 is 0.833 bits per heavy atom. The first-order valence-electron chi connectivity index (χ1n) is 9.11. The number of rotatable bonds is 1. The number of aliphatic imine (C=N–C) groups is 2. The molecule has 3 heteroatoms. The van der Waals surface area contributed by atoms with E-state index in [9.17, 15) is 0 Å². The molecular weight excluding hydrogens is 294 g/mol. The van der Waals surface area contributed by atoms with Gasteiger partial charge in [0, 0.05) is 24.2 Å². The Balaban J connectivity index is 0.000000198. The summed E-state index contributed by atoms with van der Waals surface area (Å²) in [4.78, 5) is 8.83. The highest BCUT2D eigenvalue weighted by atomic mass is 15.1. The van der Waals surface area contributed by atoms with Crippen molar-refractivity contribution in [1.82, 2.24) is 5.32 Å². The van der Waals surface area contributed by atoms with Gasteiger partial charge in [0.1, 0.15) is 5.84 Å². The maximum atomic E-state index is 4.51. The third kappa shape index (κ3) is 5.19. The average Bonchev–Trinajstić information content (AvgIpc) is 3.20. The maximum Gasteiger partial charge on any atom is 0.102 e. The van der Waals surface area contributed by atoms with Crippen molar-refractivity contribution in [2.75, 3.05) is 19.6 Å². The van der Waals surface area contributed by atoms with Gasteiger partial charge in [-0.1, -0.05) is 65.8 Å². The van der Waals surface area contributed by atoms with Crippen molar-refractivity contribution in [1.29, 1.82) is 0 Å². The van der Waals surface area contributed by atoms with E-state index in [1.54, 1.807) is 0 Å². The first-order chi connectivity index (χ1) is 11.2. The normalized spacial score (nSPS) is 17.6. The van der Waals surface area contributed by atoms with Crippen LogP contribution >= 0.6 is 0 Å². The summed E-state index contributed by atoms with van der Waals surface area (Å²) < 4.78 is 0. The molecule has 1 N–H and O–H groups in total. The van der Waals surface area contributed by atoms with Gasteiger partial charge < -0.3 is 5.32 Å². The lowest BCUT2D eigenvalue weighted by Crippen LogP contribution is -2.31. The highest BCUT2D eigenvalue weighted by molar-refractivity contribution is 6.01. The number of amidine groups is 1. The second-order valence-electron chi connectivity index (χ2n) is 8.67. The van der Waals surface area contributed by atoms with E-state index >= 15 is 0 Å². The highest BCUT2D eigenvalue weighted by Crippen LogP contribution is 2.23. The summed E-state index contributed by atoms with van der Waals surface area (Å²) in [6.07, 6.45) is 2.37. The molecule has 1 aromatic rings. The molecule has 2 aliphatic heterocycles. The maximum absolute atomic E-state index is 4.51. The van der Waals surface area contributed by atoms with Crippen LogP contribution in [0.4, 0.5) is 0 Å². The van der Waals surface area contributed by atoms with Gasteiger partial charge in [-0.15, -0.1) is 0 Å². The molecule has 0 unspecified atom stereocenters. The van der Waals surface area contributed by atoms with Crippen LogP contribution < -0.4 is 5.32 Å². The molecule has 2 aliphatic rings. The second kappa shape index (κ2) is 7.50. The van der Waals surface area contributed by atoms with Crippen molar-refractivity contribution in [2.24, 2.45) is 15.4 Å². The fourth-order valence-electron chi connectivity index (χ4n) is 2.84. The summed E-state index contributed by atoms with van der Waals surface area (Å²) in [5, 5.41) is 3.25. The summed E-state index contributed by atoms with van der Waals surface area (Å²) in [6, 6.07) is 8.89. The van der Waals surface area contributed by atoms with Crippen molar-refractivity contribution in [3.63, 3.8) is 0 Å².